The van der Waals surface area contributed by atoms with Crippen LogP contribution in [0.3, 0.4) is 0 Å². The third kappa shape index (κ3) is 7.58. The molecule has 1 atom stereocenters. The molecule has 0 saturated heterocycles. The summed E-state index contributed by atoms with van der Waals surface area (Å²) >= 11 is 0. The largest absolute Gasteiger partial charge is 0.480 e. The van der Waals surface area contributed by atoms with Gasteiger partial charge < -0.3 is 16.6 Å². The lowest BCUT2D eigenvalue weighted by molar-refractivity contribution is -0.138. The van der Waals surface area contributed by atoms with E-state index in [-0.39, 0.29) is 12.4 Å². The topological polar surface area (TPSA) is 89.3 Å². The zero-order chi connectivity index (χ0) is 7.98. The van der Waals surface area contributed by atoms with E-state index < -0.39 is 12.0 Å². The molecule has 0 spiro atoms. The second kappa shape index (κ2) is 7.78. The second-order valence-corrected chi connectivity index (χ2v) is 2.23. The van der Waals surface area contributed by atoms with Crippen molar-refractivity contribution < 1.29 is 9.90 Å². The molecule has 0 aromatic heterocycles. The van der Waals surface area contributed by atoms with E-state index in [4.69, 9.17) is 16.6 Å². The zero-order valence-corrected chi connectivity index (χ0v) is 7.14. The maximum Gasteiger partial charge on any atom is 0.320 e. The predicted octanol–water partition coefficient (Wildman–Crippen LogP) is -0.0509. The van der Waals surface area contributed by atoms with E-state index in [2.05, 4.69) is 0 Å². The minimum atomic E-state index is -0.933. The normalized spacial score (nSPS) is 11.8. The summed E-state index contributed by atoms with van der Waals surface area (Å²) in [6.07, 6.45) is 2.16. The van der Waals surface area contributed by atoms with E-state index in [1.165, 1.54) is 0 Å². The Morgan fingerprint density at radius 3 is 2.36 bits per heavy atom. The molecule has 0 saturated carbocycles. The Bertz CT molecular complexity index is 111. The van der Waals surface area contributed by atoms with E-state index >= 15 is 0 Å². The highest BCUT2D eigenvalue weighted by molar-refractivity contribution is 5.85. The third-order valence-electron chi connectivity index (χ3n) is 1.29. The Balaban J connectivity index is 0. The quantitative estimate of drug-likeness (QED) is 0.412. The van der Waals surface area contributed by atoms with Gasteiger partial charge in [-0.1, -0.05) is 6.42 Å². The fourth-order valence-electron chi connectivity index (χ4n) is 0.632. The van der Waals surface area contributed by atoms with E-state index in [9.17, 15) is 4.79 Å². The smallest absolute Gasteiger partial charge is 0.320 e. The number of aliphatic carboxylic acids is 1. The number of rotatable bonds is 5. The minimum Gasteiger partial charge on any atom is -0.480 e. The Labute approximate surface area is 72.4 Å². The number of hydrogen-bond acceptors (Lipinski definition) is 3. The van der Waals surface area contributed by atoms with Crippen molar-refractivity contribution in [2.24, 2.45) is 11.5 Å². The first-order chi connectivity index (χ1) is 4.68. The molecule has 0 aliphatic rings. The van der Waals surface area contributed by atoms with E-state index in [1.54, 1.807) is 0 Å². The Morgan fingerprint density at radius 2 is 2.00 bits per heavy atom. The van der Waals surface area contributed by atoms with Crippen molar-refractivity contribution in [3.05, 3.63) is 0 Å². The van der Waals surface area contributed by atoms with Gasteiger partial charge in [0.05, 0.1) is 0 Å². The third-order valence-corrected chi connectivity index (χ3v) is 1.29. The summed E-state index contributed by atoms with van der Waals surface area (Å²) in [5, 5.41) is 8.33. The number of carbonyl (C=O) groups is 1. The van der Waals surface area contributed by atoms with Gasteiger partial charge >= 0.3 is 5.97 Å². The summed E-state index contributed by atoms with van der Waals surface area (Å²) < 4.78 is 0. The van der Waals surface area contributed by atoms with Gasteiger partial charge in [-0.15, -0.1) is 12.4 Å². The molecular formula is C6H15ClN2O2. The Kier molecular flexibility index (Phi) is 9.40. The number of halogens is 1. The predicted molar refractivity (Wildman–Crippen MR) is 45.8 cm³/mol. The van der Waals surface area contributed by atoms with Gasteiger partial charge in [-0.05, 0) is 19.4 Å². The first kappa shape index (κ1) is 13.3. The highest BCUT2D eigenvalue weighted by atomic mass is 35.5. The molecule has 0 fully saturated rings. The standard InChI is InChI=1S/C6H14N2O2.ClH/c7-4-2-1-3-5(8)6(9)10;/h5H,1-4,7-8H2,(H,9,10);1H/i8+1;. The Morgan fingerprint density at radius 1 is 1.45 bits per heavy atom. The summed E-state index contributed by atoms with van der Waals surface area (Å²) in [5.74, 6) is -0.933. The number of nitrogens with two attached hydrogens (primary N) is 2. The van der Waals surface area contributed by atoms with Gasteiger partial charge in [0.1, 0.15) is 6.04 Å². The molecule has 0 bridgehead atoms. The number of carboxylic acid groups (broad SMARTS) is 1. The summed E-state index contributed by atoms with van der Waals surface area (Å²) in [6, 6.07) is -0.716. The summed E-state index contributed by atoms with van der Waals surface area (Å²) in [7, 11) is 0. The van der Waals surface area contributed by atoms with Gasteiger partial charge in [0, 0.05) is 0 Å². The monoisotopic (exact) mass is 183 g/mol. The van der Waals surface area contributed by atoms with Gasteiger partial charge in [0.2, 0.25) is 0 Å². The lowest BCUT2D eigenvalue weighted by atomic mass is 10.1. The van der Waals surface area contributed by atoms with Crippen molar-refractivity contribution in [2.75, 3.05) is 6.54 Å². The van der Waals surface area contributed by atoms with E-state index in [1.807, 2.05) is 0 Å². The zero-order valence-electron chi connectivity index (χ0n) is 6.32. The van der Waals surface area contributed by atoms with Crippen LogP contribution in [0.5, 0.6) is 0 Å². The summed E-state index contributed by atoms with van der Waals surface area (Å²) in [4.78, 5) is 10.1. The van der Waals surface area contributed by atoms with Crippen LogP contribution in [0.4, 0.5) is 0 Å². The number of hydrogen-bond donors (Lipinski definition) is 3. The van der Waals surface area contributed by atoms with Crippen molar-refractivity contribution in [3.8, 4) is 0 Å². The van der Waals surface area contributed by atoms with E-state index in [0.717, 1.165) is 12.8 Å². The molecule has 4 nitrogen and oxygen atoms in total. The van der Waals surface area contributed by atoms with Crippen LogP contribution < -0.4 is 11.5 Å². The van der Waals surface area contributed by atoms with Crippen LogP contribution in [-0.4, -0.2) is 23.7 Å². The minimum absolute atomic E-state index is 0. The lowest BCUT2D eigenvalue weighted by Gasteiger charge is -2.03. The number of carboxylic acids is 1. The highest BCUT2D eigenvalue weighted by Crippen LogP contribution is 1.96. The Hall–Kier alpha value is -0.320. The average molecular weight is 184 g/mol. The first-order valence-electron chi connectivity index (χ1n) is 3.37. The van der Waals surface area contributed by atoms with Crippen LogP contribution >= 0.6 is 12.4 Å². The molecule has 68 valence electrons. The molecule has 5 heteroatoms. The molecule has 0 aliphatic heterocycles. The van der Waals surface area contributed by atoms with Crippen molar-refractivity contribution in [1.82, 2.24) is 0 Å². The van der Waals surface area contributed by atoms with Gasteiger partial charge in [0.25, 0.3) is 0 Å². The van der Waals surface area contributed by atoms with Gasteiger partial charge in [-0.3, -0.25) is 4.79 Å². The fraction of sp³-hybridized carbons (Fsp3) is 0.833. The van der Waals surface area contributed by atoms with Crippen LogP contribution in [0.15, 0.2) is 0 Å². The molecule has 11 heavy (non-hydrogen) atoms. The summed E-state index contributed by atoms with van der Waals surface area (Å²) in [6.45, 7) is 0.604. The van der Waals surface area contributed by atoms with Crippen LogP contribution in [0.1, 0.15) is 19.3 Å². The first-order valence-corrected chi connectivity index (χ1v) is 3.37. The fourth-order valence-corrected chi connectivity index (χ4v) is 0.632. The molecule has 5 N–H and O–H groups in total. The van der Waals surface area contributed by atoms with Crippen LogP contribution in [0, 0.1) is 0 Å². The van der Waals surface area contributed by atoms with Crippen molar-refractivity contribution in [3.63, 3.8) is 0 Å². The van der Waals surface area contributed by atoms with Gasteiger partial charge in [-0.2, -0.15) is 0 Å². The molecule has 1 unspecified atom stereocenters. The molecule has 0 aromatic rings. The molecule has 0 rings (SSSR count). The van der Waals surface area contributed by atoms with Crippen molar-refractivity contribution >= 4 is 18.4 Å². The van der Waals surface area contributed by atoms with Crippen molar-refractivity contribution in [2.45, 2.75) is 25.3 Å². The molecule has 0 aromatic carbocycles. The summed E-state index contributed by atoms with van der Waals surface area (Å²) in [5.41, 5.74) is 10.4. The second-order valence-electron chi connectivity index (χ2n) is 2.23. The SMILES string of the molecule is Cl.NCCCCC([15NH2])C(=O)O. The van der Waals surface area contributed by atoms with Crippen LogP contribution in [-0.2, 0) is 4.79 Å². The van der Waals surface area contributed by atoms with Crippen LogP contribution in [0.25, 0.3) is 0 Å². The van der Waals surface area contributed by atoms with E-state index in [0.29, 0.717) is 13.0 Å². The maximum absolute atomic E-state index is 10.1. The lowest BCUT2D eigenvalue weighted by Crippen LogP contribution is -2.29. The average Bonchev–Trinajstić information content (AvgIpc) is 1.88. The van der Waals surface area contributed by atoms with Crippen LogP contribution in [0.2, 0.25) is 0 Å². The molecule has 0 heterocycles. The highest BCUT2D eigenvalue weighted by Gasteiger charge is 2.09. The van der Waals surface area contributed by atoms with Gasteiger partial charge in [0.15, 0.2) is 0 Å². The molecule has 0 amide bonds. The molecule has 0 aliphatic carbocycles. The number of unbranched alkanes of at least 4 members (excludes halogenated alkanes) is 1. The molecular weight excluding hydrogens is 169 g/mol. The maximum atomic E-state index is 10.1. The van der Waals surface area contributed by atoms with Crippen molar-refractivity contribution in [1.29, 1.82) is 0 Å². The molecule has 0 radical (unpaired) electrons. The van der Waals surface area contributed by atoms with Gasteiger partial charge in [-0.25, -0.2) is 0 Å².